The summed E-state index contributed by atoms with van der Waals surface area (Å²) in [6.07, 6.45) is 3.05. The second-order valence-electron chi connectivity index (χ2n) is 1.50. The van der Waals surface area contributed by atoms with Crippen LogP contribution in [0.1, 0.15) is 6.92 Å². The third kappa shape index (κ3) is 2.64. The summed E-state index contributed by atoms with van der Waals surface area (Å²) in [6, 6.07) is 0. The van der Waals surface area contributed by atoms with Crippen molar-refractivity contribution in [1.29, 1.82) is 0 Å². The van der Waals surface area contributed by atoms with E-state index in [1.807, 2.05) is 0 Å². The van der Waals surface area contributed by atoms with E-state index in [9.17, 15) is 4.79 Å². The van der Waals surface area contributed by atoms with Gasteiger partial charge in [0.2, 0.25) is 5.91 Å². The van der Waals surface area contributed by atoms with Crippen LogP contribution in [-0.4, -0.2) is 19.2 Å². The van der Waals surface area contributed by atoms with Gasteiger partial charge in [-0.25, -0.2) is 0 Å². The quantitative estimate of drug-likeness (QED) is 0.414. The molecule has 0 spiro atoms. The number of hydrogen-bond donors (Lipinski definition) is 1. The van der Waals surface area contributed by atoms with Crippen molar-refractivity contribution in [3.05, 3.63) is 11.6 Å². The summed E-state index contributed by atoms with van der Waals surface area (Å²) in [5.41, 5.74) is 5.38. The Morgan fingerprint density at radius 3 is 2.33 bits per heavy atom. The molecule has 1 amide bonds. The molecule has 0 rings (SSSR count). The van der Waals surface area contributed by atoms with E-state index >= 15 is 0 Å². The first-order chi connectivity index (χ1) is 4.22. The Labute approximate surface area is 54.3 Å². The van der Waals surface area contributed by atoms with Gasteiger partial charge >= 0.3 is 0 Å². The molecule has 9 heavy (non-hydrogen) atoms. The minimum atomic E-state index is -0.442. The third-order valence-corrected chi connectivity index (χ3v) is 0.864. The zero-order chi connectivity index (χ0) is 7.28. The topological polar surface area (TPSA) is 55.4 Å². The SMILES string of the molecule is C/C=C(\C=N/C)C(N)=O. The van der Waals surface area contributed by atoms with Gasteiger partial charge in [0.1, 0.15) is 0 Å². The fourth-order valence-corrected chi connectivity index (χ4v) is 0.419. The molecule has 2 N–H and O–H groups in total. The molecule has 0 unspecified atom stereocenters. The monoisotopic (exact) mass is 126 g/mol. The summed E-state index contributed by atoms with van der Waals surface area (Å²) in [5.74, 6) is -0.442. The van der Waals surface area contributed by atoms with E-state index in [0.717, 1.165) is 0 Å². The van der Waals surface area contributed by atoms with Gasteiger partial charge < -0.3 is 5.73 Å². The number of allylic oxidation sites excluding steroid dienone is 1. The minimum Gasteiger partial charge on any atom is -0.366 e. The van der Waals surface area contributed by atoms with Gasteiger partial charge in [-0.2, -0.15) is 0 Å². The molecular formula is C6H10N2O. The summed E-state index contributed by atoms with van der Waals surface area (Å²) in [5, 5.41) is 0. The number of carbonyl (C=O) groups is 1. The number of nitrogens with zero attached hydrogens (tertiary/aromatic N) is 1. The maximum Gasteiger partial charge on any atom is 0.249 e. The highest BCUT2D eigenvalue weighted by Crippen LogP contribution is 1.85. The van der Waals surface area contributed by atoms with Crippen LogP contribution in [0.15, 0.2) is 16.6 Å². The Kier molecular flexibility index (Phi) is 3.35. The highest BCUT2D eigenvalue weighted by molar-refractivity contribution is 6.11. The molecule has 0 heterocycles. The molecule has 0 aliphatic heterocycles. The van der Waals surface area contributed by atoms with Crippen LogP contribution in [0.2, 0.25) is 0 Å². The van der Waals surface area contributed by atoms with Crippen molar-refractivity contribution < 1.29 is 4.79 Å². The molecule has 0 aromatic rings. The molecular weight excluding hydrogens is 116 g/mol. The van der Waals surface area contributed by atoms with Crippen molar-refractivity contribution >= 4 is 12.1 Å². The molecule has 0 aliphatic carbocycles. The second-order valence-corrected chi connectivity index (χ2v) is 1.50. The molecule has 50 valence electrons. The number of carbonyl (C=O) groups excluding carboxylic acids is 1. The van der Waals surface area contributed by atoms with Crippen LogP contribution >= 0.6 is 0 Å². The lowest BCUT2D eigenvalue weighted by Gasteiger charge is -1.88. The van der Waals surface area contributed by atoms with Gasteiger partial charge in [0.05, 0.1) is 5.57 Å². The van der Waals surface area contributed by atoms with Crippen LogP contribution in [0, 0.1) is 0 Å². The van der Waals surface area contributed by atoms with Crippen LogP contribution in [0.25, 0.3) is 0 Å². The van der Waals surface area contributed by atoms with Crippen LogP contribution in [0.3, 0.4) is 0 Å². The van der Waals surface area contributed by atoms with E-state index in [2.05, 4.69) is 4.99 Å². The van der Waals surface area contributed by atoms with E-state index in [1.54, 1.807) is 20.0 Å². The van der Waals surface area contributed by atoms with Gasteiger partial charge in [-0.3, -0.25) is 9.79 Å². The Morgan fingerprint density at radius 1 is 1.67 bits per heavy atom. The second kappa shape index (κ2) is 3.83. The van der Waals surface area contributed by atoms with E-state index in [4.69, 9.17) is 5.73 Å². The average molecular weight is 126 g/mol. The summed E-state index contributed by atoms with van der Waals surface area (Å²) >= 11 is 0. The average Bonchev–Trinajstić information content (AvgIpc) is 1.82. The van der Waals surface area contributed by atoms with Gasteiger partial charge in [0.15, 0.2) is 0 Å². The Hall–Kier alpha value is -1.12. The van der Waals surface area contributed by atoms with E-state index in [1.165, 1.54) is 6.21 Å². The van der Waals surface area contributed by atoms with Crippen molar-refractivity contribution in [3.63, 3.8) is 0 Å². The first-order valence-electron chi connectivity index (χ1n) is 2.60. The van der Waals surface area contributed by atoms with Crippen molar-refractivity contribution in [2.75, 3.05) is 7.05 Å². The van der Waals surface area contributed by atoms with Crippen LogP contribution in [0.5, 0.6) is 0 Å². The summed E-state index contributed by atoms with van der Waals surface area (Å²) < 4.78 is 0. The standard InChI is InChI=1S/C6H10N2O/c1-3-5(4-8-2)6(7)9/h3-4H,1-2H3,(H2,7,9)/b5-3+,8-4-. The Balaban J connectivity index is 4.19. The highest BCUT2D eigenvalue weighted by atomic mass is 16.1. The fourth-order valence-electron chi connectivity index (χ4n) is 0.419. The van der Waals surface area contributed by atoms with Crippen LogP contribution < -0.4 is 5.73 Å². The van der Waals surface area contributed by atoms with Crippen LogP contribution in [0.4, 0.5) is 0 Å². The molecule has 0 aliphatic rings. The minimum absolute atomic E-state index is 0.442. The molecule has 0 fully saturated rings. The van der Waals surface area contributed by atoms with Crippen molar-refractivity contribution in [2.24, 2.45) is 10.7 Å². The number of rotatable bonds is 2. The first-order valence-corrected chi connectivity index (χ1v) is 2.60. The normalized spacial score (nSPS) is 12.4. The summed E-state index contributed by atoms with van der Waals surface area (Å²) in [7, 11) is 1.59. The molecule has 0 atom stereocenters. The molecule has 0 bridgehead atoms. The van der Waals surface area contributed by atoms with Gasteiger partial charge in [-0.15, -0.1) is 0 Å². The first kappa shape index (κ1) is 7.88. The number of nitrogens with two attached hydrogens (primary N) is 1. The molecule has 0 radical (unpaired) electrons. The van der Waals surface area contributed by atoms with Gasteiger partial charge in [-0.05, 0) is 6.92 Å². The molecule has 0 aromatic heterocycles. The maximum atomic E-state index is 10.4. The lowest BCUT2D eigenvalue weighted by Crippen LogP contribution is -2.14. The maximum absolute atomic E-state index is 10.4. The van der Waals surface area contributed by atoms with Crippen molar-refractivity contribution in [1.82, 2.24) is 0 Å². The zero-order valence-corrected chi connectivity index (χ0v) is 5.59. The van der Waals surface area contributed by atoms with Crippen molar-refractivity contribution in [3.8, 4) is 0 Å². The molecule has 3 nitrogen and oxygen atoms in total. The number of primary amides is 1. The molecule has 0 saturated carbocycles. The van der Waals surface area contributed by atoms with E-state index < -0.39 is 5.91 Å². The lowest BCUT2D eigenvalue weighted by molar-refractivity contribution is -0.114. The predicted molar refractivity (Wildman–Crippen MR) is 37.4 cm³/mol. The van der Waals surface area contributed by atoms with Crippen molar-refractivity contribution in [2.45, 2.75) is 6.92 Å². The number of amides is 1. The number of aliphatic imine (C=N–C) groups is 1. The number of hydrogen-bond acceptors (Lipinski definition) is 2. The predicted octanol–water partition coefficient (Wildman–Crippen LogP) is 0.119. The largest absolute Gasteiger partial charge is 0.366 e. The Morgan fingerprint density at radius 2 is 2.22 bits per heavy atom. The molecule has 0 aromatic carbocycles. The lowest BCUT2D eigenvalue weighted by atomic mass is 10.3. The van der Waals surface area contributed by atoms with Gasteiger partial charge in [0.25, 0.3) is 0 Å². The summed E-state index contributed by atoms with van der Waals surface area (Å²) in [4.78, 5) is 14.0. The van der Waals surface area contributed by atoms with Gasteiger partial charge in [-0.1, -0.05) is 6.08 Å². The van der Waals surface area contributed by atoms with E-state index in [0.29, 0.717) is 5.57 Å². The summed E-state index contributed by atoms with van der Waals surface area (Å²) in [6.45, 7) is 1.74. The fraction of sp³-hybridized carbons (Fsp3) is 0.333. The molecule has 3 heteroatoms. The van der Waals surface area contributed by atoms with Crippen LogP contribution in [-0.2, 0) is 4.79 Å². The molecule has 0 saturated heterocycles. The third-order valence-electron chi connectivity index (χ3n) is 0.864. The smallest absolute Gasteiger partial charge is 0.249 e. The van der Waals surface area contributed by atoms with E-state index in [-0.39, 0.29) is 0 Å². The van der Waals surface area contributed by atoms with Gasteiger partial charge in [0, 0.05) is 13.3 Å². The highest BCUT2D eigenvalue weighted by Gasteiger charge is 1.95. The zero-order valence-electron chi connectivity index (χ0n) is 5.59. The Bertz CT molecular complexity index is 158.